The van der Waals surface area contributed by atoms with Crippen molar-refractivity contribution in [2.75, 3.05) is 13.7 Å². The third-order valence-electron chi connectivity index (χ3n) is 3.54. The SMILES string of the molecule is COP(O)(=S)O[C@@H]1C[C@H](n2cc(C)c(=O)[nH]c2=O)O[C@@H]1COP(=O)(O)O. The maximum Gasteiger partial charge on any atom is 0.469 e. The first-order valence-corrected chi connectivity index (χ1v) is 11.3. The van der Waals surface area contributed by atoms with E-state index in [1.165, 1.54) is 13.1 Å². The molecular formula is C11H18N2O10P2S. The van der Waals surface area contributed by atoms with E-state index in [4.69, 9.17) is 30.9 Å². The number of rotatable bonds is 7. The van der Waals surface area contributed by atoms with Crippen molar-refractivity contribution >= 4 is 26.3 Å². The molecule has 15 heteroatoms. The molecular weight excluding hydrogens is 414 g/mol. The maximum atomic E-state index is 12.0. The number of H-pyrrole nitrogens is 1. The van der Waals surface area contributed by atoms with Crippen LogP contribution in [0.25, 0.3) is 0 Å². The smallest absolute Gasteiger partial charge is 0.349 e. The summed E-state index contributed by atoms with van der Waals surface area (Å²) in [6.45, 7) is -2.70. The molecule has 0 spiro atoms. The Bertz CT molecular complexity index is 863. The van der Waals surface area contributed by atoms with Gasteiger partial charge in [0, 0.05) is 25.3 Å². The maximum absolute atomic E-state index is 12.0. The summed E-state index contributed by atoms with van der Waals surface area (Å²) in [5, 5.41) is 0. The van der Waals surface area contributed by atoms with Gasteiger partial charge in [0.25, 0.3) is 5.56 Å². The Morgan fingerprint density at radius 1 is 1.42 bits per heavy atom. The van der Waals surface area contributed by atoms with Gasteiger partial charge in [-0.1, -0.05) is 0 Å². The minimum atomic E-state index is -4.78. The minimum Gasteiger partial charge on any atom is -0.349 e. The molecule has 1 unspecified atom stereocenters. The number of ether oxygens (including phenoxy) is 1. The van der Waals surface area contributed by atoms with Gasteiger partial charge in [-0.25, -0.2) is 9.36 Å². The Kier molecular flexibility index (Phi) is 6.73. The summed E-state index contributed by atoms with van der Waals surface area (Å²) in [4.78, 5) is 53.1. The number of aromatic amines is 1. The number of aryl methyl sites for hydroxylation is 1. The lowest BCUT2D eigenvalue weighted by molar-refractivity contribution is -0.0430. The van der Waals surface area contributed by atoms with Crippen LogP contribution in [0.1, 0.15) is 18.2 Å². The molecule has 1 saturated heterocycles. The molecule has 0 amide bonds. The molecule has 2 heterocycles. The third-order valence-corrected chi connectivity index (χ3v) is 5.73. The Balaban J connectivity index is 2.27. The fourth-order valence-corrected chi connectivity index (χ4v) is 3.64. The molecule has 1 aliphatic rings. The predicted molar refractivity (Wildman–Crippen MR) is 91.0 cm³/mol. The lowest BCUT2D eigenvalue weighted by Crippen LogP contribution is -2.33. The zero-order chi connectivity index (χ0) is 19.7. The van der Waals surface area contributed by atoms with Gasteiger partial charge >= 0.3 is 20.2 Å². The Hall–Kier alpha value is -0.720. The Morgan fingerprint density at radius 2 is 2.08 bits per heavy atom. The normalized spacial score (nSPS) is 26.0. The van der Waals surface area contributed by atoms with E-state index < -0.39 is 50.8 Å². The predicted octanol–water partition coefficient (Wildman–Crippen LogP) is -0.510. The zero-order valence-corrected chi connectivity index (χ0v) is 16.3. The van der Waals surface area contributed by atoms with Gasteiger partial charge in [-0.05, 0) is 18.7 Å². The highest BCUT2D eigenvalue weighted by Gasteiger charge is 2.41. The fraction of sp³-hybridized carbons (Fsp3) is 0.636. The van der Waals surface area contributed by atoms with Crippen LogP contribution >= 0.6 is 14.5 Å². The number of phosphoric acid groups is 1. The van der Waals surface area contributed by atoms with Gasteiger partial charge in [0.1, 0.15) is 12.3 Å². The molecule has 0 saturated carbocycles. The molecule has 12 nitrogen and oxygen atoms in total. The second kappa shape index (κ2) is 8.11. The largest absolute Gasteiger partial charge is 0.469 e. The van der Waals surface area contributed by atoms with Gasteiger partial charge in [-0.15, -0.1) is 0 Å². The summed E-state index contributed by atoms with van der Waals surface area (Å²) in [5.41, 5.74) is -1.04. The minimum absolute atomic E-state index is 0.0110. The Labute approximate surface area is 152 Å². The van der Waals surface area contributed by atoms with Crippen LogP contribution in [0.3, 0.4) is 0 Å². The summed E-state index contributed by atoms with van der Waals surface area (Å²) >= 11 is 4.77. The summed E-state index contributed by atoms with van der Waals surface area (Å²) in [5.74, 6) is 0. The van der Waals surface area contributed by atoms with Crippen LogP contribution in [0.5, 0.6) is 0 Å². The van der Waals surface area contributed by atoms with E-state index in [-0.39, 0.29) is 12.0 Å². The lowest BCUT2D eigenvalue weighted by atomic mass is 10.2. The first-order valence-electron chi connectivity index (χ1n) is 7.16. The van der Waals surface area contributed by atoms with Crippen molar-refractivity contribution in [3.8, 4) is 0 Å². The second-order valence-electron chi connectivity index (χ2n) is 5.42. The molecule has 0 aliphatic carbocycles. The molecule has 0 aromatic carbocycles. The quantitative estimate of drug-likeness (QED) is 0.409. The van der Waals surface area contributed by atoms with Gasteiger partial charge in [0.05, 0.1) is 12.7 Å². The van der Waals surface area contributed by atoms with E-state index in [2.05, 4.69) is 14.0 Å². The van der Waals surface area contributed by atoms with Crippen molar-refractivity contribution in [3.63, 3.8) is 0 Å². The first-order chi connectivity index (χ1) is 11.9. The van der Waals surface area contributed by atoms with E-state index in [0.29, 0.717) is 0 Å². The number of nitrogens with one attached hydrogen (secondary N) is 1. The standard InChI is InChI=1S/C11H18N2O10P2S/c1-6-4-13(11(15)12-10(6)14)9-3-7(23-25(19,26)20-2)8(22-9)5-21-24(16,17)18/h4,7-9H,3,5H2,1-2H3,(H,19,26)(H,12,14,15)(H2,16,17,18)/t7-,8-,9-,25?/m1/s1. The van der Waals surface area contributed by atoms with Crippen molar-refractivity contribution in [2.45, 2.75) is 31.8 Å². The molecule has 1 fully saturated rings. The van der Waals surface area contributed by atoms with Crippen LogP contribution in [-0.2, 0) is 34.7 Å². The topological polar surface area (TPSA) is 170 Å². The molecule has 26 heavy (non-hydrogen) atoms. The second-order valence-corrected chi connectivity index (χ2v) is 9.56. The molecule has 148 valence electrons. The number of nitrogens with zero attached hydrogens (tertiary/aromatic N) is 1. The van der Waals surface area contributed by atoms with Gasteiger partial charge < -0.3 is 28.5 Å². The summed E-state index contributed by atoms with van der Waals surface area (Å²) < 4.78 is 32.0. The van der Waals surface area contributed by atoms with Crippen LogP contribution in [0.2, 0.25) is 0 Å². The van der Waals surface area contributed by atoms with Crippen molar-refractivity contribution in [2.24, 2.45) is 0 Å². The van der Waals surface area contributed by atoms with E-state index in [9.17, 15) is 19.0 Å². The number of hydrogen-bond donors (Lipinski definition) is 4. The Morgan fingerprint density at radius 3 is 2.65 bits per heavy atom. The van der Waals surface area contributed by atoms with Crippen LogP contribution in [0, 0.1) is 6.92 Å². The molecule has 0 radical (unpaired) electrons. The fourth-order valence-electron chi connectivity index (χ4n) is 2.32. The summed E-state index contributed by atoms with van der Waals surface area (Å²) in [6, 6.07) is 0. The third kappa shape index (κ3) is 5.64. The van der Waals surface area contributed by atoms with Crippen LogP contribution in [0.4, 0.5) is 0 Å². The summed E-state index contributed by atoms with van der Waals surface area (Å²) in [7, 11) is -3.64. The lowest BCUT2D eigenvalue weighted by Gasteiger charge is -2.22. The average Bonchev–Trinajstić information content (AvgIpc) is 2.90. The molecule has 1 aromatic heterocycles. The molecule has 1 aliphatic heterocycles. The first kappa shape index (κ1) is 21.6. The van der Waals surface area contributed by atoms with E-state index in [1.807, 2.05) is 0 Å². The van der Waals surface area contributed by atoms with Crippen molar-refractivity contribution < 1.29 is 37.6 Å². The van der Waals surface area contributed by atoms with Crippen LogP contribution in [0.15, 0.2) is 15.8 Å². The highest BCUT2D eigenvalue weighted by Crippen LogP contribution is 2.48. The monoisotopic (exact) mass is 432 g/mol. The van der Waals surface area contributed by atoms with E-state index in [1.54, 1.807) is 0 Å². The average molecular weight is 432 g/mol. The number of phosphoric ester groups is 1. The number of hydrogen-bond acceptors (Lipinski definition) is 8. The van der Waals surface area contributed by atoms with Crippen LogP contribution in [-0.4, -0.2) is 50.2 Å². The van der Waals surface area contributed by atoms with Crippen molar-refractivity contribution in [1.29, 1.82) is 0 Å². The molecule has 2 rings (SSSR count). The molecule has 0 bridgehead atoms. The molecule has 4 N–H and O–H groups in total. The molecule has 1 aromatic rings. The zero-order valence-electron chi connectivity index (χ0n) is 13.7. The van der Waals surface area contributed by atoms with Gasteiger partial charge in [0.2, 0.25) is 0 Å². The van der Waals surface area contributed by atoms with Gasteiger partial charge in [-0.3, -0.25) is 18.9 Å². The van der Waals surface area contributed by atoms with E-state index in [0.717, 1.165) is 11.7 Å². The molecule has 4 atom stereocenters. The van der Waals surface area contributed by atoms with E-state index >= 15 is 0 Å². The van der Waals surface area contributed by atoms with Crippen LogP contribution < -0.4 is 11.2 Å². The highest BCUT2D eigenvalue weighted by atomic mass is 32.5. The summed E-state index contributed by atoms with van der Waals surface area (Å²) in [6.07, 6.45) is -1.71. The van der Waals surface area contributed by atoms with Gasteiger partial charge in [-0.2, -0.15) is 0 Å². The van der Waals surface area contributed by atoms with Crippen molar-refractivity contribution in [3.05, 3.63) is 32.6 Å². The van der Waals surface area contributed by atoms with Gasteiger partial charge in [0.15, 0.2) is 0 Å². The van der Waals surface area contributed by atoms with Crippen molar-refractivity contribution in [1.82, 2.24) is 9.55 Å². The highest BCUT2D eigenvalue weighted by molar-refractivity contribution is 8.07. The number of aromatic nitrogens is 2.